The molecule has 0 bridgehead atoms. The standard InChI is InChI=1S/C24H38FN4O5P.CH4O/c1-8-9-10-11-12-15-32-35(29(16(2)3)17(4)5)34-22-18(6)33-23(21(22)25)28-14-13-20(26-19(7)30)27-24(28)31;1-2/h1,13-14,16-18,21-23H,9-12,15H2,2-7H3,(H,26,27,30,31);2H,1H3/i6D;2T. The Morgan fingerprint density at radius 2 is 2.14 bits per heavy atom. The van der Waals surface area contributed by atoms with E-state index in [4.69, 9.17) is 23.0 Å². The summed E-state index contributed by atoms with van der Waals surface area (Å²) in [5, 5.41) is 5.92. The molecule has 5 atom stereocenters. The summed E-state index contributed by atoms with van der Waals surface area (Å²) in [6.07, 6.45) is 4.88. The molecule has 1 saturated heterocycles. The number of carbonyl (C=O) groups excluding carboxylic acids is 1. The highest BCUT2D eigenvalue weighted by atomic mass is 31.2. The summed E-state index contributed by atoms with van der Waals surface area (Å²) < 4.78 is 50.6. The number of hydrogen-bond donors (Lipinski definition) is 2. The maximum atomic E-state index is 15.7. The Morgan fingerprint density at radius 3 is 2.68 bits per heavy atom. The Kier molecular flexibility index (Phi) is 13.5. The summed E-state index contributed by atoms with van der Waals surface area (Å²) in [7, 11) is -0.377. The monoisotopic (exact) mass is 547 g/mol. The first-order valence-electron chi connectivity index (χ1n) is 13.4. The second-order valence-corrected chi connectivity index (χ2v) is 10.3. The number of aromatic nitrogens is 2. The third-order valence-corrected chi connectivity index (χ3v) is 7.43. The van der Waals surface area contributed by atoms with Crippen molar-refractivity contribution in [2.24, 2.45) is 0 Å². The predicted molar refractivity (Wildman–Crippen MR) is 143 cm³/mol. The summed E-state index contributed by atoms with van der Waals surface area (Å²) >= 11 is 0. The lowest BCUT2D eigenvalue weighted by molar-refractivity contribution is -0.114. The molecule has 0 radical (unpaired) electrons. The minimum absolute atomic E-state index is 0.0608. The van der Waals surface area contributed by atoms with Gasteiger partial charge in [0.25, 0.3) is 8.53 Å². The number of anilines is 1. The molecule has 0 saturated carbocycles. The molecule has 1 aromatic rings. The van der Waals surface area contributed by atoms with E-state index in [1.54, 1.807) is 0 Å². The second kappa shape index (κ2) is 16.8. The Balaban J connectivity index is 0.00000242. The molecule has 1 fully saturated rings. The number of terminal acetylenes is 1. The van der Waals surface area contributed by atoms with Crippen LogP contribution in [0, 0.1) is 12.3 Å². The van der Waals surface area contributed by atoms with Gasteiger partial charge in [-0.3, -0.25) is 9.36 Å². The summed E-state index contributed by atoms with van der Waals surface area (Å²) in [4.78, 5) is 27.5. The van der Waals surface area contributed by atoms with Crippen molar-refractivity contribution in [3.8, 4) is 12.3 Å². The Bertz CT molecular complexity index is 959. The number of amides is 1. The van der Waals surface area contributed by atoms with Crippen LogP contribution in [0.25, 0.3) is 0 Å². The fraction of sp³-hybridized carbons (Fsp3) is 0.720. The van der Waals surface area contributed by atoms with Crippen molar-refractivity contribution >= 4 is 20.3 Å². The van der Waals surface area contributed by atoms with Crippen LogP contribution in [-0.4, -0.2) is 70.8 Å². The van der Waals surface area contributed by atoms with Gasteiger partial charge in [-0.15, -0.1) is 12.3 Å². The molecule has 0 spiro atoms. The lowest BCUT2D eigenvalue weighted by Gasteiger charge is -2.37. The van der Waals surface area contributed by atoms with Crippen LogP contribution in [0.4, 0.5) is 10.2 Å². The Hall–Kier alpha value is -1.93. The van der Waals surface area contributed by atoms with Gasteiger partial charge in [-0.1, -0.05) is 6.42 Å². The van der Waals surface area contributed by atoms with Crippen LogP contribution in [0.2, 0.25) is 0 Å². The van der Waals surface area contributed by atoms with Crippen molar-refractivity contribution in [2.45, 2.75) is 104 Å². The van der Waals surface area contributed by atoms with Gasteiger partial charge in [0.1, 0.15) is 11.9 Å². The molecule has 2 N–H and O–H groups in total. The molecule has 210 valence electrons. The van der Waals surface area contributed by atoms with E-state index in [-0.39, 0.29) is 30.7 Å². The number of hydrogen-bond acceptors (Lipinski definition) is 8. The minimum Gasteiger partial charge on any atom is -0.400 e. The molecule has 1 aromatic heterocycles. The molecular weight excluding hydrogens is 502 g/mol. The van der Waals surface area contributed by atoms with E-state index in [2.05, 4.69) is 21.3 Å². The van der Waals surface area contributed by atoms with Crippen LogP contribution in [0.15, 0.2) is 17.1 Å². The lowest BCUT2D eigenvalue weighted by Crippen LogP contribution is -2.38. The predicted octanol–water partition coefficient (Wildman–Crippen LogP) is 4.01. The maximum Gasteiger partial charge on any atom is 0.351 e. The first-order chi connectivity index (χ1) is 18.5. The molecule has 1 aliphatic rings. The van der Waals surface area contributed by atoms with Crippen molar-refractivity contribution in [2.75, 3.05) is 19.0 Å². The number of rotatable bonds is 13. The number of alkyl halides is 1. The van der Waals surface area contributed by atoms with Crippen LogP contribution < -0.4 is 11.0 Å². The molecule has 0 aliphatic carbocycles. The quantitative estimate of drug-likeness (QED) is 0.216. The largest absolute Gasteiger partial charge is 0.400 e. The van der Waals surface area contributed by atoms with E-state index in [0.29, 0.717) is 13.0 Å². The Morgan fingerprint density at radius 1 is 1.46 bits per heavy atom. The highest BCUT2D eigenvalue weighted by molar-refractivity contribution is 7.44. The van der Waals surface area contributed by atoms with Crippen LogP contribution in [0.5, 0.6) is 0 Å². The minimum atomic E-state index is -1.74. The third kappa shape index (κ3) is 10.0. The maximum absolute atomic E-state index is 15.7. The van der Waals surface area contributed by atoms with Crippen LogP contribution in [0.3, 0.4) is 0 Å². The first-order valence-corrected chi connectivity index (χ1v) is 13.4. The van der Waals surface area contributed by atoms with Crippen molar-refractivity contribution in [3.05, 3.63) is 22.7 Å². The van der Waals surface area contributed by atoms with Crippen LogP contribution in [0.1, 0.15) is 74.8 Å². The van der Waals surface area contributed by atoms with E-state index in [9.17, 15) is 9.59 Å². The average Bonchev–Trinajstić information content (AvgIpc) is 3.16. The van der Waals surface area contributed by atoms with Crippen molar-refractivity contribution in [1.29, 1.82) is 1.43 Å². The molecule has 2 rings (SSSR count). The number of nitrogens with one attached hydrogen (secondary N) is 1. The van der Waals surface area contributed by atoms with Crippen molar-refractivity contribution < 1.29 is 29.4 Å². The van der Waals surface area contributed by atoms with E-state index in [1.807, 2.05) is 32.4 Å². The zero-order valence-electron chi connectivity index (χ0n) is 24.6. The zero-order chi connectivity index (χ0) is 29.5. The zero-order valence-corrected chi connectivity index (χ0v) is 23.4. The number of halogens is 1. The normalized spacial score (nSPS) is 22.7. The SMILES string of the molecule is [2H]CC1OC(n2ccc(NC(C)=O)nc2=O)C(F)C1OP(OCCCCCC#C)N(C(C)C)C(C)C.[3H]OC. The van der Waals surface area contributed by atoms with Crippen LogP contribution >= 0.6 is 8.53 Å². The number of unbranched alkanes of at least 4 members (excludes halogenated alkanes) is 3. The fourth-order valence-electron chi connectivity index (χ4n) is 3.78. The number of aliphatic hydroxyl groups excluding tert-OH is 1. The number of nitrogens with zero attached hydrogens (tertiary/aromatic N) is 3. The molecular formula is C25H42FN4O6P. The second-order valence-electron chi connectivity index (χ2n) is 8.92. The third-order valence-electron chi connectivity index (χ3n) is 5.30. The summed E-state index contributed by atoms with van der Waals surface area (Å²) in [5.74, 6) is 2.30. The topological polar surface area (TPSA) is 115 Å². The fourth-order valence-corrected chi connectivity index (χ4v) is 5.58. The average molecular weight is 548 g/mol. The van der Waals surface area contributed by atoms with Gasteiger partial charge in [0.05, 0.1) is 12.7 Å². The van der Waals surface area contributed by atoms with E-state index in [1.165, 1.54) is 26.3 Å². The van der Waals surface area contributed by atoms with Gasteiger partial charge in [-0.25, -0.2) is 13.9 Å². The van der Waals surface area contributed by atoms with E-state index < -0.39 is 38.8 Å². The van der Waals surface area contributed by atoms with Gasteiger partial charge in [0.15, 0.2) is 12.4 Å². The first kappa shape index (κ1) is 29.6. The molecule has 2 heterocycles. The number of carbonyl (C=O) groups is 1. The number of ether oxygens (including phenoxy) is 1. The van der Waals surface area contributed by atoms with Crippen molar-refractivity contribution in [3.63, 3.8) is 0 Å². The van der Waals surface area contributed by atoms with Gasteiger partial charge in [0.2, 0.25) is 7.34 Å². The van der Waals surface area contributed by atoms with Gasteiger partial charge in [0, 0.05) is 40.1 Å². The van der Waals surface area contributed by atoms with Gasteiger partial charge < -0.3 is 24.2 Å². The molecule has 5 unspecified atom stereocenters. The summed E-state index contributed by atoms with van der Waals surface area (Å²) in [5.41, 5.74) is -0.783. The van der Waals surface area contributed by atoms with Gasteiger partial charge in [-0.05, 0) is 53.5 Å². The smallest absolute Gasteiger partial charge is 0.351 e. The summed E-state index contributed by atoms with van der Waals surface area (Å²) in [6, 6.07) is 1.52. The molecule has 37 heavy (non-hydrogen) atoms. The molecule has 12 heteroatoms. The number of aliphatic hydroxyl groups is 1. The highest BCUT2D eigenvalue weighted by Crippen LogP contribution is 2.50. The molecule has 1 aliphatic heterocycles. The van der Waals surface area contributed by atoms with Crippen LogP contribution in [-0.2, 0) is 18.6 Å². The molecule has 10 nitrogen and oxygen atoms in total. The molecule has 0 aromatic carbocycles. The molecule has 1 amide bonds. The lowest BCUT2D eigenvalue weighted by atomic mass is 10.2. The van der Waals surface area contributed by atoms with Gasteiger partial charge in [-0.2, -0.15) is 4.98 Å². The summed E-state index contributed by atoms with van der Waals surface area (Å²) in [6.45, 7) is 9.52. The highest BCUT2D eigenvalue weighted by Gasteiger charge is 2.47. The van der Waals surface area contributed by atoms with E-state index >= 15 is 4.39 Å². The van der Waals surface area contributed by atoms with Gasteiger partial charge >= 0.3 is 5.69 Å². The van der Waals surface area contributed by atoms with Crippen molar-refractivity contribution in [1.82, 2.24) is 14.2 Å². The Labute approximate surface area is 223 Å². The van der Waals surface area contributed by atoms with E-state index in [0.717, 1.165) is 23.8 Å².